The summed E-state index contributed by atoms with van der Waals surface area (Å²) in [6.07, 6.45) is 4.71. The van der Waals surface area contributed by atoms with Crippen LogP contribution in [0.2, 0.25) is 5.02 Å². The van der Waals surface area contributed by atoms with Crippen molar-refractivity contribution in [1.29, 1.82) is 0 Å². The first-order valence-corrected chi connectivity index (χ1v) is 11.3. The average molecular weight is 472 g/mol. The third-order valence-electron chi connectivity index (χ3n) is 5.82. The van der Waals surface area contributed by atoms with Crippen molar-refractivity contribution in [3.8, 4) is 0 Å². The van der Waals surface area contributed by atoms with Gasteiger partial charge in [0.2, 0.25) is 5.91 Å². The van der Waals surface area contributed by atoms with Crippen molar-refractivity contribution >= 4 is 52.3 Å². The van der Waals surface area contributed by atoms with Gasteiger partial charge in [-0.3, -0.25) is 14.4 Å². The molecule has 1 aliphatic heterocycles. The molecule has 2 aliphatic rings. The molecule has 1 aliphatic carbocycles. The van der Waals surface area contributed by atoms with Crippen LogP contribution in [0.3, 0.4) is 0 Å². The fourth-order valence-corrected chi connectivity index (χ4v) is 4.44. The van der Waals surface area contributed by atoms with Crippen molar-refractivity contribution in [3.63, 3.8) is 0 Å². The summed E-state index contributed by atoms with van der Waals surface area (Å²) in [6.45, 7) is 1.74. The largest absolute Gasteiger partial charge is 0.353 e. The van der Waals surface area contributed by atoms with Gasteiger partial charge >= 0.3 is 0 Å². The minimum absolute atomic E-state index is 0.00256. The molecule has 2 N–H and O–H groups in total. The number of rotatable bonds is 6. The minimum atomic E-state index is -0.607. The zero-order valence-electron chi connectivity index (χ0n) is 17.6. The van der Waals surface area contributed by atoms with Crippen LogP contribution in [0.25, 0.3) is 0 Å². The summed E-state index contributed by atoms with van der Waals surface area (Å²) < 4.78 is 0. The standard InChI is InChI=1S/C24H23Cl2N3O3/c1-14-18(25)7-4-8-19(14)29-23(31)21(26)22(24(29)32)28-17-11-9-15(10-12-17)13-20(30)27-16-5-2-3-6-16/h4,7-12,16,28H,2-3,5-6,13H2,1H3,(H,27,30). The number of benzene rings is 2. The van der Waals surface area contributed by atoms with E-state index in [1.807, 2.05) is 12.1 Å². The van der Waals surface area contributed by atoms with Gasteiger partial charge in [0.25, 0.3) is 11.8 Å². The third-order valence-corrected chi connectivity index (χ3v) is 6.58. The van der Waals surface area contributed by atoms with E-state index in [1.165, 1.54) is 12.8 Å². The zero-order chi connectivity index (χ0) is 22.8. The maximum Gasteiger partial charge on any atom is 0.283 e. The number of nitrogens with zero attached hydrogens (tertiary/aromatic N) is 1. The lowest BCUT2D eigenvalue weighted by Gasteiger charge is -2.18. The summed E-state index contributed by atoms with van der Waals surface area (Å²) in [5.74, 6) is -1.15. The molecule has 2 aromatic rings. The molecule has 0 radical (unpaired) electrons. The summed E-state index contributed by atoms with van der Waals surface area (Å²) in [6, 6.07) is 12.4. The molecule has 1 saturated carbocycles. The smallest absolute Gasteiger partial charge is 0.283 e. The number of hydrogen-bond acceptors (Lipinski definition) is 4. The van der Waals surface area contributed by atoms with Gasteiger partial charge in [0.05, 0.1) is 12.1 Å². The van der Waals surface area contributed by atoms with Crippen molar-refractivity contribution < 1.29 is 14.4 Å². The Morgan fingerprint density at radius 1 is 1.03 bits per heavy atom. The summed E-state index contributed by atoms with van der Waals surface area (Å²) >= 11 is 12.4. The van der Waals surface area contributed by atoms with Gasteiger partial charge in [-0.15, -0.1) is 0 Å². The van der Waals surface area contributed by atoms with Crippen LogP contribution < -0.4 is 15.5 Å². The Labute approximate surface area is 196 Å². The molecular weight excluding hydrogens is 449 g/mol. The summed E-state index contributed by atoms with van der Waals surface area (Å²) in [5.41, 5.74) is 2.45. The molecule has 32 heavy (non-hydrogen) atoms. The topological polar surface area (TPSA) is 78.5 Å². The van der Waals surface area contributed by atoms with E-state index in [0.29, 0.717) is 28.4 Å². The van der Waals surface area contributed by atoms with Crippen molar-refractivity contribution in [3.05, 3.63) is 69.3 Å². The second-order valence-corrected chi connectivity index (χ2v) is 8.85. The average Bonchev–Trinajstić information content (AvgIpc) is 3.34. The molecule has 0 atom stereocenters. The molecule has 3 amide bonds. The highest BCUT2D eigenvalue weighted by molar-refractivity contribution is 6.53. The Morgan fingerprint density at radius 2 is 1.72 bits per heavy atom. The predicted octanol–water partition coefficient (Wildman–Crippen LogP) is 4.69. The lowest BCUT2D eigenvalue weighted by molar-refractivity contribution is -0.122. The Hall–Kier alpha value is -2.83. The van der Waals surface area contributed by atoms with Gasteiger partial charge < -0.3 is 10.6 Å². The molecule has 1 fully saturated rings. The van der Waals surface area contributed by atoms with Crippen molar-refractivity contribution in [1.82, 2.24) is 5.32 Å². The van der Waals surface area contributed by atoms with Crippen LogP contribution >= 0.6 is 23.2 Å². The van der Waals surface area contributed by atoms with Gasteiger partial charge in [0.15, 0.2) is 0 Å². The van der Waals surface area contributed by atoms with E-state index >= 15 is 0 Å². The van der Waals surface area contributed by atoms with Gasteiger partial charge in [-0.25, -0.2) is 4.90 Å². The van der Waals surface area contributed by atoms with Crippen molar-refractivity contribution in [2.24, 2.45) is 0 Å². The van der Waals surface area contributed by atoms with Crippen LogP contribution in [-0.4, -0.2) is 23.8 Å². The number of amides is 3. The Balaban J connectivity index is 1.44. The molecule has 0 aromatic heterocycles. The Bertz CT molecular complexity index is 1110. The molecule has 166 valence electrons. The van der Waals surface area contributed by atoms with E-state index in [4.69, 9.17) is 23.2 Å². The van der Waals surface area contributed by atoms with Crippen molar-refractivity contribution in [2.75, 3.05) is 10.2 Å². The van der Waals surface area contributed by atoms with E-state index in [0.717, 1.165) is 23.3 Å². The van der Waals surface area contributed by atoms with Crippen LogP contribution in [-0.2, 0) is 20.8 Å². The number of hydrogen-bond donors (Lipinski definition) is 2. The highest BCUT2D eigenvalue weighted by Gasteiger charge is 2.39. The molecule has 2 aromatic carbocycles. The first-order chi connectivity index (χ1) is 15.3. The molecule has 4 rings (SSSR count). The van der Waals surface area contributed by atoms with Gasteiger partial charge in [0, 0.05) is 16.8 Å². The van der Waals surface area contributed by atoms with Gasteiger partial charge in [-0.1, -0.05) is 54.2 Å². The molecule has 0 bridgehead atoms. The summed E-state index contributed by atoms with van der Waals surface area (Å²) in [7, 11) is 0. The molecule has 8 heteroatoms. The fourth-order valence-electron chi connectivity index (χ4n) is 4.05. The predicted molar refractivity (Wildman–Crippen MR) is 126 cm³/mol. The molecule has 6 nitrogen and oxygen atoms in total. The van der Waals surface area contributed by atoms with E-state index in [9.17, 15) is 14.4 Å². The van der Waals surface area contributed by atoms with Gasteiger partial charge in [0.1, 0.15) is 10.7 Å². The maximum atomic E-state index is 13.0. The normalized spacial score (nSPS) is 16.8. The molecule has 1 heterocycles. The molecule has 0 unspecified atom stereocenters. The molecule has 0 spiro atoms. The first-order valence-electron chi connectivity index (χ1n) is 10.5. The number of carbonyl (C=O) groups is 3. The van der Waals surface area contributed by atoms with E-state index < -0.39 is 11.8 Å². The molecule has 0 saturated heterocycles. The lowest BCUT2D eigenvalue weighted by Crippen LogP contribution is -2.33. The van der Waals surface area contributed by atoms with Gasteiger partial charge in [-0.2, -0.15) is 0 Å². The Morgan fingerprint density at radius 3 is 2.41 bits per heavy atom. The van der Waals surface area contributed by atoms with E-state index in [2.05, 4.69) is 10.6 Å². The number of anilines is 2. The van der Waals surface area contributed by atoms with Crippen LogP contribution in [0, 0.1) is 6.92 Å². The summed E-state index contributed by atoms with van der Waals surface area (Å²) in [5, 5.41) is 6.28. The molecular formula is C24H23Cl2N3O3. The Kier molecular flexibility index (Phi) is 6.53. The van der Waals surface area contributed by atoms with Crippen LogP contribution in [0.15, 0.2) is 53.2 Å². The summed E-state index contributed by atoms with van der Waals surface area (Å²) in [4.78, 5) is 38.9. The first kappa shape index (κ1) is 22.4. The highest BCUT2D eigenvalue weighted by Crippen LogP contribution is 2.34. The number of halogens is 2. The third kappa shape index (κ3) is 4.52. The van der Waals surface area contributed by atoms with Crippen LogP contribution in [0.1, 0.15) is 36.8 Å². The quantitative estimate of drug-likeness (QED) is 0.599. The fraction of sp³-hybridized carbons (Fsp3) is 0.292. The van der Waals surface area contributed by atoms with Gasteiger partial charge in [-0.05, 0) is 55.2 Å². The highest BCUT2D eigenvalue weighted by atomic mass is 35.5. The van der Waals surface area contributed by atoms with Crippen LogP contribution in [0.5, 0.6) is 0 Å². The number of imide groups is 1. The van der Waals surface area contributed by atoms with Crippen molar-refractivity contribution in [2.45, 2.75) is 45.1 Å². The second kappa shape index (κ2) is 9.35. The lowest BCUT2D eigenvalue weighted by atomic mass is 10.1. The van der Waals surface area contributed by atoms with Crippen LogP contribution in [0.4, 0.5) is 11.4 Å². The monoisotopic (exact) mass is 471 g/mol. The minimum Gasteiger partial charge on any atom is -0.353 e. The maximum absolute atomic E-state index is 13.0. The number of nitrogens with one attached hydrogen (secondary N) is 2. The SMILES string of the molecule is Cc1c(Cl)cccc1N1C(=O)C(Cl)=C(Nc2ccc(CC(=O)NC3CCCC3)cc2)C1=O. The van der Waals surface area contributed by atoms with E-state index in [1.54, 1.807) is 37.3 Å². The second-order valence-electron chi connectivity index (χ2n) is 8.07. The van der Waals surface area contributed by atoms with E-state index in [-0.39, 0.29) is 22.7 Å². The number of carbonyl (C=O) groups excluding carboxylic acids is 3. The zero-order valence-corrected chi connectivity index (χ0v) is 19.1.